The van der Waals surface area contributed by atoms with Gasteiger partial charge in [0.05, 0.1) is 15.6 Å². The van der Waals surface area contributed by atoms with Gasteiger partial charge in [-0.15, -0.1) is 11.3 Å². The molecule has 1 aliphatic rings. The van der Waals surface area contributed by atoms with E-state index in [9.17, 15) is 13.2 Å². The highest BCUT2D eigenvalue weighted by atomic mass is 32.2. The van der Waals surface area contributed by atoms with Crippen molar-refractivity contribution in [2.75, 3.05) is 13.1 Å². The van der Waals surface area contributed by atoms with E-state index in [1.807, 2.05) is 5.38 Å². The lowest BCUT2D eigenvalue weighted by atomic mass is 9.93. The van der Waals surface area contributed by atoms with Gasteiger partial charge in [0, 0.05) is 29.3 Å². The summed E-state index contributed by atoms with van der Waals surface area (Å²) < 4.78 is 26.4. The Morgan fingerprint density at radius 1 is 1.30 bits per heavy atom. The molecule has 2 heterocycles. The number of benzene rings is 1. The summed E-state index contributed by atoms with van der Waals surface area (Å²) in [6.07, 6.45) is 0.651. The lowest BCUT2D eigenvalue weighted by Gasteiger charge is -2.14. The number of aromatic nitrogens is 1. The lowest BCUT2D eigenvalue weighted by molar-refractivity contribution is -0.119. The van der Waals surface area contributed by atoms with Crippen molar-refractivity contribution in [2.45, 2.75) is 37.5 Å². The number of aliphatic imine (C=N–C) groups is 1. The van der Waals surface area contributed by atoms with Crippen molar-refractivity contribution in [2.24, 2.45) is 4.99 Å². The van der Waals surface area contributed by atoms with Crippen LogP contribution < -0.4 is 10.0 Å². The van der Waals surface area contributed by atoms with Crippen LogP contribution in [-0.2, 0) is 26.7 Å². The van der Waals surface area contributed by atoms with Gasteiger partial charge >= 0.3 is 0 Å². The number of nitrogens with one attached hydrogen (secondary N) is 2. The van der Waals surface area contributed by atoms with Crippen LogP contribution in [0, 0.1) is 0 Å². The Labute approximate surface area is 163 Å². The third-order valence-corrected chi connectivity index (χ3v) is 6.33. The number of amidine groups is 1. The number of sulfonamides is 1. The van der Waals surface area contributed by atoms with Crippen LogP contribution in [0.25, 0.3) is 0 Å². The molecule has 0 unspecified atom stereocenters. The molecule has 9 heteroatoms. The molecule has 1 aliphatic heterocycles. The van der Waals surface area contributed by atoms with Crippen molar-refractivity contribution in [3.8, 4) is 0 Å². The van der Waals surface area contributed by atoms with Gasteiger partial charge in [-0.2, -0.15) is 0 Å². The molecule has 0 atom stereocenters. The van der Waals surface area contributed by atoms with Gasteiger partial charge in [0.25, 0.3) is 10.0 Å². The van der Waals surface area contributed by atoms with Gasteiger partial charge in [-0.1, -0.05) is 32.9 Å². The number of carbonyl (C=O) groups is 1. The van der Waals surface area contributed by atoms with E-state index in [1.165, 1.54) is 6.07 Å². The molecule has 1 amide bonds. The van der Waals surface area contributed by atoms with E-state index < -0.39 is 10.0 Å². The molecule has 1 aromatic heterocycles. The van der Waals surface area contributed by atoms with Gasteiger partial charge in [-0.25, -0.2) is 13.4 Å². The highest BCUT2D eigenvalue weighted by molar-refractivity contribution is 7.90. The molecule has 144 valence electrons. The van der Waals surface area contributed by atoms with E-state index in [1.54, 1.807) is 29.5 Å². The van der Waals surface area contributed by atoms with E-state index >= 15 is 0 Å². The van der Waals surface area contributed by atoms with Gasteiger partial charge in [0.15, 0.2) is 0 Å². The fourth-order valence-electron chi connectivity index (χ4n) is 2.54. The van der Waals surface area contributed by atoms with Crippen LogP contribution in [0.4, 0.5) is 0 Å². The Hall–Kier alpha value is -2.26. The maximum absolute atomic E-state index is 12.0. The second kappa shape index (κ2) is 7.40. The maximum Gasteiger partial charge on any atom is 0.263 e. The first-order valence-electron chi connectivity index (χ1n) is 8.55. The van der Waals surface area contributed by atoms with Crippen LogP contribution in [0.5, 0.6) is 0 Å². The van der Waals surface area contributed by atoms with Crippen molar-refractivity contribution in [3.63, 3.8) is 0 Å². The Morgan fingerprint density at radius 2 is 2.04 bits per heavy atom. The van der Waals surface area contributed by atoms with Gasteiger partial charge in [0.2, 0.25) is 5.91 Å². The number of nitrogens with zero attached hydrogens (tertiary/aromatic N) is 2. The van der Waals surface area contributed by atoms with Crippen molar-refractivity contribution in [3.05, 3.63) is 45.9 Å². The molecule has 3 rings (SSSR count). The number of hydrogen-bond donors (Lipinski definition) is 2. The Kier molecular flexibility index (Phi) is 5.34. The summed E-state index contributed by atoms with van der Waals surface area (Å²) in [5.41, 5.74) is 1.55. The number of carbonyl (C=O) groups excluding carboxylic acids is 1. The summed E-state index contributed by atoms with van der Waals surface area (Å²) in [6.45, 7) is 6.66. The third kappa shape index (κ3) is 4.54. The number of fused-ring (bicyclic) bond motifs is 1. The van der Waals surface area contributed by atoms with Crippen molar-refractivity contribution >= 4 is 33.1 Å². The molecule has 0 saturated heterocycles. The van der Waals surface area contributed by atoms with Crippen LogP contribution in [0.1, 0.15) is 37.0 Å². The highest BCUT2D eigenvalue weighted by Crippen LogP contribution is 2.24. The van der Waals surface area contributed by atoms with E-state index in [4.69, 9.17) is 0 Å². The Bertz CT molecular complexity index is 988. The van der Waals surface area contributed by atoms with Gasteiger partial charge in [0.1, 0.15) is 12.4 Å². The molecular weight excluding hydrogens is 384 g/mol. The zero-order chi connectivity index (χ0) is 19.7. The number of amides is 1. The van der Waals surface area contributed by atoms with E-state index in [-0.39, 0.29) is 28.6 Å². The molecule has 0 aliphatic carbocycles. The molecule has 0 bridgehead atoms. The molecule has 2 N–H and O–H groups in total. The maximum atomic E-state index is 12.0. The van der Waals surface area contributed by atoms with Crippen molar-refractivity contribution in [1.82, 2.24) is 15.0 Å². The summed E-state index contributed by atoms with van der Waals surface area (Å²) in [5, 5.41) is 5.82. The topological polar surface area (TPSA) is 101 Å². The van der Waals surface area contributed by atoms with Crippen molar-refractivity contribution < 1.29 is 13.2 Å². The first kappa shape index (κ1) is 19.5. The Balaban J connectivity index is 1.54. The normalized spacial score (nSPS) is 16.8. The molecule has 7 nitrogen and oxygen atoms in total. The molecule has 0 spiro atoms. The van der Waals surface area contributed by atoms with Crippen LogP contribution in [-0.4, -0.2) is 38.2 Å². The molecule has 1 aromatic carbocycles. The predicted octanol–water partition coefficient (Wildman–Crippen LogP) is 1.84. The molecule has 0 saturated carbocycles. The summed E-state index contributed by atoms with van der Waals surface area (Å²) in [6, 6.07) is 6.56. The van der Waals surface area contributed by atoms with E-state index in [2.05, 4.69) is 40.8 Å². The van der Waals surface area contributed by atoms with E-state index in [0.717, 1.165) is 10.7 Å². The highest BCUT2D eigenvalue weighted by Gasteiger charge is 2.30. The lowest BCUT2D eigenvalue weighted by Crippen LogP contribution is -2.29. The quantitative estimate of drug-likeness (QED) is 0.791. The number of thiazole rings is 1. The standard InChI is InChI=1S/C18H22N4O3S2/c1-18(2,3)14-11-26-16(21-14)8-9-19-15(23)10-20-17-12-6-4-5-7-13(12)27(24,25)22-17/h4-7,11H,8-10H2,1-3H3,(H,19,23)(H,20,22). The zero-order valence-corrected chi connectivity index (χ0v) is 17.1. The molecule has 0 radical (unpaired) electrons. The first-order chi connectivity index (χ1) is 12.7. The van der Waals surface area contributed by atoms with Gasteiger partial charge < -0.3 is 5.32 Å². The SMILES string of the molecule is CC(C)(C)c1csc(CCNC(=O)CN=C2NS(=O)(=O)c3ccccc32)n1. The second-order valence-corrected chi connectivity index (χ2v) is 9.84. The fourth-order valence-corrected chi connectivity index (χ4v) is 4.81. The van der Waals surface area contributed by atoms with Gasteiger partial charge in [-0.05, 0) is 12.1 Å². The minimum Gasteiger partial charge on any atom is -0.354 e. The zero-order valence-electron chi connectivity index (χ0n) is 15.4. The van der Waals surface area contributed by atoms with Crippen LogP contribution in [0.15, 0.2) is 39.5 Å². The molecule has 2 aromatic rings. The fraction of sp³-hybridized carbons (Fsp3) is 0.389. The molecule has 0 fully saturated rings. The van der Waals surface area contributed by atoms with E-state index in [0.29, 0.717) is 18.5 Å². The van der Waals surface area contributed by atoms with Crippen LogP contribution >= 0.6 is 11.3 Å². The average Bonchev–Trinajstić information content (AvgIpc) is 3.16. The molecule has 27 heavy (non-hydrogen) atoms. The third-order valence-electron chi connectivity index (χ3n) is 4.02. The number of rotatable bonds is 5. The molecular formula is C18H22N4O3S2. The Morgan fingerprint density at radius 3 is 2.74 bits per heavy atom. The van der Waals surface area contributed by atoms with Gasteiger partial charge in [-0.3, -0.25) is 14.5 Å². The second-order valence-electron chi connectivity index (χ2n) is 7.24. The minimum atomic E-state index is -3.58. The largest absolute Gasteiger partial charge is 0.354 e. The monoisotopic (exact) mass is 406 g/mol. The summed E-state index contributed by atoms with van der Waals surface area (Å²) in [4.78, 5) is 20.9. The number of hydrogen-bond acceptors (Lipinski definition) is 6. The smallest absolute Gasteiger partial charge is 0.263 e. The van der Waals surface area contributed by atoms with Crippen molar-refractivity contribution in [1.29, 1.82) is 0 Å². The average molecular weight is 407 g/mol. The van der Waals surface area contributed by atoms with Crippen LogP contribution in [0.2, 0.25) is 0 Å². The van der Waals surface area contributed by atoms with Crippen LogP contribution in [0.3, 0.4) is 0 Å². The minimum absolute atomic E-state index is 0.0129. The summed E-state index contributed by atoms with van der Waals surface area (Å²) in [7, 11) is -3.58. The first-order valence-corrected chi connectivity index (χ1v) is 10.9. The predicted molar refractivity (Wildman–Crippen MR) is 106 cm³/mol. The summed E-state index contributed by atoms with van der Waals surface area (Å²) >= 11 is 1.59. The summed E-state index contributed by atoms with van der Waals surface area (Å²) in [5.74, 6) is -0.0610.